The van der Waals surface area contributed by atoms with E-state index < -0.39 is 0 Å². The Kier molecular flexibility index (Phi) is 3.41. The van der Waals surface area contributed by atoms with E-state index in [0.717, 1.165) is 22.4 Å². The minimum absolute atomic E-state index is 0.771. The number of benzene rings is 1. The van der Waals surface area contributed by atoms with Gasteiger partial charge in [-0.3, -0.25) is 0 Å². The molecule has 0 unspecified atom stereocenters. The summed E-state index contributed by atoms with van der Waals surface area (Å²) in [5.74, 6) is 1.73. The molecule has 0 spiro atoms. The molecular formula is C9H11BrO2. The molecule has 1 rings (SSSR count). The maximum absolute atomic E-state index is 5.15. The fourth-order valence-electron chi connectivity index (χ4n) is 0.986. The third-order valence-corrected chi connectivity index (χ3v) is 2.24. The molecule has 0 N–H and O–H groups in total. The monoisotopic (exact) mass is 230 g/mol. The van der Waals surface area contributed by atoms with Crippen molar-refractivity contribution in [2.45, 2.75) is 5.33 Å². The average molecular weight is 231 g/mol. The summed E-state index contributed by atoms with van der Waals surface area (Å²) in [4.78, 5) is 0. The van der Waals surface area contributed by atoms with E-state index in [1.807, 2.05) is 18.2 Å². The molecule has 1 aromatic rings. The lowest BCUT2D eigenvalue weighted by Gasteiger charge is -2.07. The number of methoxy groups -OCH3 is 2. The molecule has 0 heterocycles. The Labute approximate surface area is 80.6 Å². The van der Waals surface area contributed by atoms with Crippen molar-refractivity contribution in [3.05, 3.63) is 23.8 Å². The van der Waals surface area contributed by atoms with Gasteiger partial charge in [0.25, 0.3) is 0 Å². The second-order valence-corrected chi connectivity index (χ2v) is 2.87. The van der Waals surface area contributed by atoms with Crippen LogP contribution >= 0.6 is 15.9 Å². The van der Waals surface area contributed by atoms with Crippen LogP contribution in [0, 0.1) is 0 Å². The van der Waals surface area contributed by atoms with E-state index in [-0.39, 0.29) is 0 Å². The van der Waals surface area contributed by atoms with E-state index in [1.54, 1.807) is 14.2 Å². The first kappa shape index (κ1) is 9.39. The van der Waals surface area contributed by atoms with E-state index >= 15 is 0 Å². The van der Waals surface area contributed by atoms with Crippen molar-refractivity contribution in [3.8, 4) is 11.5 Å². The smallest absolute Gasteiger partial charge is 0.123 e. The van der Waals surface area contributed by atoms with Gasteiger partial charge in [-0.2, -0.15) is 0 Å². The molecule has 0 aliphatic carbocycles. The first-order chi connectivity index (χ1) is 5.81. The van der Waals surface area contributed by atoms with Gasteiger partial charge in [-0.05, 0) is 18.2 Å². The summed E-state index contributed by atoms with van der Waals surface area (Å²) < 4.78 is 10.2. The standard InChI is InChI=1S/C9H11BrO2/c1-11-8-3-4-9(12-2)7(5-8)6-10/h3-5H,6H2,1-2H3. The lowest BCUT2D eigenvalue weighted by Crippen LogP contribution is -1.90. The van der Waals surface area contributed by atoms with Crippen molar-refractivity contribution in [1.82, 2.24) is 0 Å². The molecule has 2 nitrogen and oxygen atoms in total. The van der Waals surface area contributed by atoms with Crippen molar-refractivity contribution in [3.63, 3.8) is 0 Å². The molecule has 0 aromatic heterocycles. The molecule has 0 aliphatic heterocycles. The zero-order valence-electron chi connectivity index (χ0n) is 7.13. The highest BCUT2D eigenvalue weighted by Gasteiger charge is 2.02. The molecule has 0 saturated heterocycles. The number of halogens is 1. The van der Waals surface area contributed by atoms with Crippen molar-refractivity contribution in [1.29, 1.82) is 0 Å². The quantitative estimate of drug-likeness (QED) is 0.744. The van der Waals surface area contributed by atoms with Gasteiger partial charge >= 0.3 is 0 Å². The maximum atomic E-state index is 5.15. The fourth-order valence-corrected chi connectivity index (χ4v) is 1.42. The summed E-state index contributed by atoms with van der Waals surface area (Å²) in [5, 5.41) is 0.771. The largest absolute Gasteiger partial charge is 0.497 e. The summed E-state index contributed by atoms with van der Waals surface area (Å²) in [6.07, 6.45) is 0. The SMILES string of the molecule is COc1ccc(OC)c(CBr)c1. The van der Waals surface area contributed by atoms with Crippen LogP contribution < -0.4 is 9.47 Å². The topological polar surface area (TPSA) is 18.5 Å². The summed E-state index contributed by atoms with van der Waals surface area (Å²) in [6.45, 7) is 0. The molecule has 0 radical (unpaired) electrons. The second-order valence-electron chi connectivity index (χ2n) is 2.31. The van der Waals surface area contributed by atoms with Gasteiger partial charge in [0.1, 0.15) is 11.5 Å². The molecule has 0 atom stereocenters. The molecule has 0 bridgehead atoms. The van der Waals surface area contributed by atoms with Crippen LogP contribution in [0.1, 0.15) is 5.56 Å². The molecule has 3 heteroatoms. The number of alkyl halides is 1. The first-order valence-corrected chi connectivity index (χ1v) is 4.71. The molecule has 0 aliphatic rings. The van der Waals surface area contributed by atoms with Gasteiger partial charge in [-0.15, -0.1) is 0 Å². The summed E-state index contributed by atoms with van der Waals surface area (Å²) >= 11 is 3.38. The Bertz CT molecular complexity index is 261. The third kappa shape index (κ3) is 1.91. The van der Waals surface area contributed by atoms with Crippen LogP contribution in [0.25, 0.3) is 0 Å². The van der Waals surface area contributed by atoms with Gasteiger partial charge in [0.15, 0.2) is 0 Å². The zero-order chi connectivity index (χ0) is 8.97. The lowest BCUT2D eigenvalue weighted by molar-refractivity contribution is 0.400. The van der Waals surface area contributed by atoms with Crippen molar-refractivity contribution in [2.24, 2.45) is 0 Å². The van der Waals surface area contributed by atoms with Gasteiger partial charge in [0.2, 0.25) is 0 Å². The van der Waals surface area contributed by atoms with E-state index in [1.165, 1.54) is 0 Å². The third-order valence-electron chi connectivity index (χ3n) is 1.63. The van der Waals surface area contributed by atoms with Crippen molar-refractivity contribution < 1.29 is 9.47 Å². The Morgan fingerprint density at radius 3 is 2.50 bits per heavy atom. The molecule has 12 heavy (non-hydrogen) atoms. The fraction of sp³-hybridized carbons (Fsp3) is 0.333. The lowest BCUT2D eigenvalue weighted by atomic mass is 10.2. The number of rotatable bonds is 3. The summed E-state index contributed by atoms with van der Waals surface area (Å²) in [5.41, 5.74) is 1.09. The van der Waals surface area contributed by atoms with Gasteiger partial charge in [0, 0.05) is 10.9 Å². The van der Waals surface area contributed by atoms with E-state index in [2.05, 4.69) is 15.9 Å². The van der Waals surface area contributed by atoms with Crippen LogP contribution in [0.3, 0.4) is 0 Å². The van der Waals surface area contributed by atoms with Crippen LogP contribution in [0.2, 0.25) is 0 Å². The summed E-state index contributed by atoms with van der Waals surface area (Å²) in [7, 11) is 3.31. The van der Waals surface area contributed by atoms with Gasteiger partial charge < -0.3 is 9.47 Å². The second kappa shape index (κ2) is 4.36. The predicted octanol–water partition coefficient (Wildman–Crippen LogP) is 2.60. The Hall–Kier alpha value is -0.700. The highest BCUT2D eigenvalue weighted by Crippen LogP contribution is 2.25. The maximum Gasteiger partial charge on any atom is 0.123 e. The normalized spacial score (nSPS) is 9.58. The molecule has 0 saturated carbocycles. The van der Waals surface area contributed by atoms with Crippen LogP contribution in [0.5, 0.6) is 11.5 Å². The van der Waals surface area contributed by atoms with Crippen molar-refractivity contribution >= 4 is 15.9 Å². The first-order valence-electron chi connectivity index (χ1n) is 3.58. The molecule has 0 amide bonds. The van der Waals surface area contributed by atoms with Gasteiger partial charge in [0.05, 0.1) is 14.2 Å². The van der Waals surface area contributed by atoms with Crippen LogP contribution in [0.4, 0.5) is 0 Å². The Morgan fingerprint density at radius 2 is 2.00 bits per heavy atom. The number of hydrogen-bond donors (Lipinski definition) is 0. The Morgan fingerprint density at radius 1 is 1.25 bits per heavy atom. The average Bonchev–Trinajstić information content (AvgIpc) is 2.16. The minimum Gasteiger partial charge on any atom is -0.497 e. The molecular weight excluding hydrogens is 220 g/mol. The molecule has 0 fully saturated rings. The number of hydrogen-bond acceptors (Lipinski definition) is 2. The van der Waals surface area contributed by atoms with Crippen LogP contribution in [0.15, 0.2) is 18.2 Å². The summed E-state index contributed by atoms with van der Waals surface area (Å²) in [6, 6.07) is 5.73. The Balaban J connectivity index is 3.02. The molecule has 1 aromatic carbocycles. The highest BCUT2D eigenvalue weighted by atomic mass is 79.9. The molecule has 66 valence electrons. The minimum atomic E-state index is 0.771. The van der Waals surface area contributed by atoms with E-state index in [4.69, 9.17) is 9.47 Å². The van der Waals surface area contributed by atoms with E-state index in [0.29, 0.717) is 0 Å². The highest BCUT2D eigenvalue weighted by molar-refractivity contribution is 9.08. The van der Waals surface area contributed by atoms with Crippen LogP contribution in [-0.2, 0) is 5.33 Å². The zero-order valence-corrected chi connectivity index (χ0v) is 8.72. The van der Waals surface area contributed by atoms with Crippen LogP contribution in [-0.4, -0.2) is 14.2 Å². The number of ether oxygens (including phenoxy) is 2. The van der Waals surface area contributed by atoms with E-state index in [9.17, 15) is 0 Å². The predicted molar refractivity (Wildman–Crippen MR) is 52.2 cm³/mol. The van der Waals surface area contributed by atoms with Gasteiger partial charge in [-0.1, -0.05) is 15.9 Å². The van der Waals surface area contributed by atoms with Crippen molar-refractivity contribution in [2.75, 3.05) is 14.2 Å². The van der Waals surface area contributed by atoms with Gasteiger partial charge in [-0.25, -0.2) is 0 Å².